The number of hydrogen-bond donors (Lipinski definition) is 1. The standard InChI is InChI=1S/C13H31OP/c1-5-6-7-8-9-10-11-12-13-15(2,3,4)14/h14H,5-13H2,1-4H3. The summed E-state index contributed by atoms with van der Waals surface area (Å²) in [5.74, 6) is 0. The van der Waals surface area contributed by atoms with Crippen molar-refractivity contribution in [1.82, 2.24) is 0 Å². The quantitative estimate of drug-likeness (QED) is 0.461. The molecule has 1 N–H and O–H groups in total. The van der Waals surface area contributed by atoms with Gasteiger partial charge in [0, 0.05) is 0 Å². The molecule has 0 saturated heterocycles. The Morgan fingerprint density at radius 1 is 0.733 bits per heavy atom. The summed E-state index contributed by atoms with van der Waals surface area (Å²) in [5.41, 5.74) is 0. The third-order valence-corrected chi connectivity index (χ3v) is 4.64. The minimum atomic E-state index is -2.19. The molecule has 0 aromatic heterocycles. The molecular weight excluding hydrogens is 203 g/mol. The molecule has 0 unspecified atom stereocenters. The maximum atomic E-state index is 10.1. The molecule has 0 aromatic rings. The van der Waals surface area contributed by atoms with Crippen LogP contribution in [0.3, 0.4) is 0 Å². The van der Waals surface area contributed by atoms with Crippen LogP contribution in [-0.4, -0.2) is 31.0 Å². The molecule has 0 amide bonds. The van der Waals surface area contributed by atoms with E-state index in [1.807, 2.05) is 20.0 Å². The van der Waals surface area contributed by atoms with Gasteiger partial charge in [0.1, 0.15) is 0 Å². The van der Waals surface area contributed by atoms with E-state index in [1.165, 1.54) is 51.4 Å². The topological polar surface area (TPSA) is 20.2 Å². The molecule has 0 spiro atoms. The Balaban J connectivity index is 3.19. The first-order valence-corrected chi connectivity index (χ1v) is 10.3. The van der Waals surface area contributed by atoms with E-state index in [0.717, 1.165) is 6.16 Å². The molecule has 1 nitrogen and oxygen atoms in total. The van der Waals surface area contributed by atoms with Crippen LogP contribution >= 0.6 is 6.83 Å². The predicted octanol–water partition coefficient (Wildman–Crippen LogP) is 4.48. The number of rotatable bonds is 9. The van der Waals surface area contributed by atoms with E-state index in [2.05, 4.69) is 6.92 Å². The van der Waals surface area contributed by atoms with Crippen LogP contribution in [0.2, 0.25) is 0 Å². The SMILES string of the molecule is CCCCCCCCCCP(C)(C)(C)O. The first kappa shape index (κ1) is 15.4. The van der Waals surface area contributed by atoms with Crippen molar-refractivity contribution in [3.05, 3.63) is 0 Å². The summed E-state index contributed by atoms with van der Waals surface area (Å²) in [6, 6.07) is 0. The van der Waals surface area contributed by atoms with E-state index >= 15 is 0 Å². The van der Waals surface area contributed by atoms with Crippen LogP contribution in [0.25, 0.3) is 0 Å². The van der Waals surface area contributed by atoms with Gasteiger partial charge in [-0.25, -0.2) is 0 Å². The molecule has 15 heavy (non-hydrogen) atoms. The summed E-state index contributed by atoms with van der Waals surface area (Å²) in [7, 11) is 0. The summed E-state index contributed by atoms with van der Waals surface area (Å²) in [6.45, 7) is 6.21. The van der Waals surface area contributed by atoms with E-state index in [0.29, 0.717) is 0 Å². The molecule has 0 rings (SSSR count). The Labute approximate surface area is 96.7 Å². The first-order valence-electron chi connectivity index (χ1n) is 6.56. The second-order valence-electron chi connectivity index (χ2n) is 6.23. The van der Waals surface area contributed by atoms with Crippen LogP contribution in [0.1, 0.15) is 58.3 Å². The fourth-order valence-corrected chi connectivity index (χ4v) is 3.10. The van der Waals surface area contributed by atoms with E-state index in [1.54, 1.807) is 0 Å². The normalized spacial score (nSPS) is 14.9. The van der Waals surface area contributed by atoms with Crippen LogP contribution in [-0.2, 0) is 0 Å². The average Bonchev–Trinajstić information content (AvgIpc) is 2.07. The van der Waals surface area contributed by atoms with Crippen molar-refractivity contribution < 1.29 is 4.89 Å². The molecule has 0 atom stereocenters. The molecule has 0 saturated carbocycles. The molecule has 0 aromatic carbocycles. The third-order valence-electron chi connectivity index (χ3n) is 2.78. The van der Waals surface area contributed by atoms with Gasteiger partial charge in [0.2, 0.25) is 0 Å². The summed E-state index contributed by atoms with van der Waals surface area (Å²) in [6.07, 6.45) is 11.8. The second kappa shape index (κ2) is 6.86. The molecule has 94 valence electrons. The van der Waals surface area contributed by atoms with Gasteiger partial charge in [-0.1, -0.05) is 0 Å². The van der Waals surface area contributed by atoms with Crippen molar-refractivity contribution in [2.24, 2.45) is 0 Å². The van der Waals surface area contributed by atoms with Gasteiger partial charge in [0.25, 0.3) is 0 Å². The van der Waals surface area contributed by atoms with Gasteiger partial charge >= 0.3 is 96.2 Å². The molecule has 0 bridgehead atoms. The van der Waals surface area contributed by atoms with Crippen molar-refractivity contribution in [3.8, 4) is 0 Å². The van der Waals surface area contributed by atoms with Crippen molar-refractivity contribution >= 4 is 6.83 Å². The summed E-state index contributed by atoms with van der Waals surface area (Å²) < 4.78 is 0. The minimum absolute atomic E-state index is 1.04. The van der Waals surface area contributed by atoms with Crippen LogP contribution in [0, 0.1) is 0 Å². The Morgan fingerprint density at radius 2 is 1.13 bits per heavy atom. The van der Waals surface area contributed by atoms with Gasteiger partial charge in [-0.3, -0.25) is 0 Å². The van der Waals surface area contributed by atoms with Gasteiger partial charge in [-0.2, -0.15) is 0 Å². The van der Waals surface area contributed by atoms with Gasteiger partial charge in [-0.05, 0) is 0 Å². The molecular formula is C13H31OP. The second-order valence-corrected chi connectivity index (χ2v) is 12.7. The molecule has 0 aliphatic heterocycles. The molecule has 0 heterocycles. The van der Waals surface area contributed by atoms with Crippen LogP contribution < -0.4 is 0 Å². The van der Waals surface area contributed by atoms with Crippen molar-refractivity contribution in [3.63, 3.8) is 0 Å². The van der Waals surface area contributed by atoms with Gasteiger partial charge < -0.3 is 0 Å². The van der Waals surface area contributed by atoms with E-state index in [9.17, 15) is 4.89 Å². The van der Waals surface area contributed by atoms with Crippen LogP contribution in [0.15, 0.2) is 0 Å². The van der Waals surface area contributed by atoms with E-state index in [-0.39, 0.29) is 0 Å². The predicted molar refractivity (Wildman–Crippen MR) is 74.4 cm³/mol. The molecule has 2 heteroatoms. The Morgan fingerprint density at radius 3 is 1.53 bits per heavy atom. The summed E-state index contributed by atoms with van der Waals surface area (Å²) >= 11 is 0. The molecule has 0 fully saturated rings. The number of unbranched alkanes of at least 4 members (excludes halogenated alkanes) is 7. The fourth-order valence-electron chi connectivity index (χ4n) is 1.79. The monoisotopic (exact) mass is 234 g/mol. The third kappa shape index (κ3) is 14.4. The van der Waals surface area contributed by atoms with E-state index in [4.69, 9.17) is 0 Å². The van der Waals surface area contributed by atoms with Crippen molar-refractivity contribution in [2.45, 2.75) is 58.3 Å². The molecule has 0 aliphatic carbocycles. The summed E-state index contributed by atoms with van der Waals surface area (Å²) in [4.78, 5) is 10.1. The Hall–Kier alpha value is 0.390. The zero-order chi connectivity index (χ0) is 11.8. The van der Waals surface area contributed by atoms with Crippen molar-refractivity contribution in [2.75, 3.05) is 26.2 Å². The summed E-state index contributed by atoms with van der Waals surface area (Å²) in [5, 5.41) is 0. The zero-order valence-corrected chi connectivity index (χ0v) is 12.2. The fraction of sp³-hybridized carbons (Fsp3) is 1.00. The average molecular weight is 234 g/mol. The zero-order valence-electron chi connectivity index (χ0n) is 11.3. The van der Waals surface area contributed by atoms with Gasteiger partial charge in [0.15, 0.2) is 0 Å². The van der Waals surface area contributed by atoms with Crippen LogP contribution in [0.4, 0.5) is 0 Å². The maximum absolute atomic E-state index is 10.1. The van der Waals surface area contributed by atoms with E-state index < -0.39 is 6.83 Å². The Bertz CT molecular complexity index is 148. The molecule has 0 radical (unpaired) electrons. The van der Waals surface area contributed by atoms with Gasteiger partial charge in [-0.15, -0.1) is 0 Å². The molecule has 0 aliphatic rings. The van der Waals surface area contributed by atoms with Gasteiger partial charge in [0.05, 0.1) is 0 Å². The number of hydrogen-bond acceptors (Lipinski definition) is 1. The van der Waals surface area contributed by atoms with Crippen molar-refractivity contribution in [1.29, 1.82) is 0 Å². The van der Waals surface area contributed by atoms with Crippen LogP contribution in [0.5, 0.6) is 0 Å². The first-order chi connectivity index (χ1) is 6.81. The Kier molecular flexibility index (Phi) is 7.04.